The van der Waals surface area contributed by atoms with Crippen LogP contribution in [0.15, 0.2) is 16.5 Å². The van der Waals surface area contributed by atoms with Gasteiger partial charge in [0.2, 0.25) is 0 Å². The number of amides is 2. The molecule has 3 N–H and O–H groups in total. The van der Waals surface area contributed by atoms with Gasteiger partial charge in [-0.1, -0.05) is 6.92 Å². The fourth-order valence-electron chi connectivity index (χ4n) is 2.81. The lowest BCUT2D eigenvalue weighted by molar-refractivity contribution is -0.402. The van der Waals surface area contributed by atoms with Gasteiger partial charge in [0.05, 0.1) is 11.6 Å². The highest BCUT2D eigenvalue weighted by molar-refractivity contribution is 7.17. The molecule has 9 heteroatoms. The van der Waals surface area contributed by atoms with Crippen LogP contribution in [0.1, 0.15) is 44.7 Å². The molecular formula is C15H15N3O5S. The van der Waals surface area contributed by atoms with Crippen LogP contribution in [0.3, 0.4) is 0 Å². The summed E-state index contributed by atoms with van der Waals surface area (Å²) in [5, 5.41) is 13.6. The molecule has 1 aliphatic carbocycles. The maximum absolute atomic E-state index is 12.2. The molecule has 24 heavy (non-hydrogen) atoms. The number of nitrogens with zero attached hydrogens (tertiary/aromatic N) is 1. The molecule has 1 atom stereocenters. The topological polar surface area (TPSA) is 128 Å². The number of primary amides is 1. The number of nitrogens with one attached hydrogen (secondary N) is 1. The third kappa shape index (κ3) is 2.90. The van der Waals surface area contributed by atoms with Crippen molar-refractivity contribution in [3.05, 3.63) is 44.0 Å². The van der Waals surface area contributed by atoms with Gasteiger partial charge in [-0.05, 0) is 36.8 Å². The zero-order valence-corrected chi connectivity index (χ0v) is 13.6. The summed E-state index contributed by atoms with van der Waals surface area (Å²) in [7, 11) is 0. The highest BCUT2D eigenvalue weighted by atomic mass is 32.1. The highest BCUT2D eigenvalue weighted by Crippen LogP contribution is 2.39. The molecule has 1 aliphatic rings. The monoisotopic (exact) mass is 349 g/mol. The molecule has 2 amide bonds. The van der Waals surface area contributed by atoms with E-state index in [1.165, 1.54) is 17.4 Å². The van der Waals surface area contributed by atoms with Gasteiger partial charge in [0.15, 0.2) is 5.76 Å². The number of nitro groups is 1. The number of hydrogen-bond acceptors (Lipinski definition) is 6. The van der Waals surface area contributed by atoms with Crippen molar-refractivity contribution in [3.8, 4) is 0 Å². The van der Waals surface area contributed by atoms with Crippen molar-refractivity contribution >= 4 is 34.0 Å². The molecule has 2 heterocycles. The van der Waals surface area contributed by atoms with E-state index in [0.29, 0.717) is 16.5 Å². The molecule has 0 radical (unpaired) electrons. The number of carbonyl (C=O) groups is 2. The Kier molecular flexibility index (Phi) is 4.10. The first kappa shape index (κ1) is 16.2. The van der Waals surface area contributed by atoms with E-state index in [1.54, 1.807) is 0 Å². The molecule has 0 bridgehead atoms. The predicted octanol–water partition coefficient (Wildman–Crippen LogP) is 2.73. The average Bonchev–Trinajstić information content (AvgIpc) is 3.10. The van der Waals surface area contributed by atoms with Crippen LogP contribution in [0.2, 0.25) is 0 Å². The second-order valence-electron chi connectivity index (χ2n) is 5.77. The minimum Gasteiger partial charge on any atom is -0.395 e. The van der Waals surface area contributed by atoms with Crippen molar-refractivity contribution in [1.82, 2.24) is 0 Å². The van der Waals surface area contributed by atoms with Crippen LogP contribution in [0.5, 0.6) is 0 Å². The summed E-state index contributed by atoms with van der Waals surface area (Å²) in [6, 6.07) is 2.32. The van der Waals surface area contributed by atoms with Crippen molar-refractivity contribution < 1.29 is 18.9 Å². The number of carbonyl (C=O) groups excluding carboxylic acids is 2. The van der Waals surface area contributed by atoms with E-state index in [4.69, 9.17) is 10.2 Å². The Bertz CT molecular complexity index is 838. The summed E-state index contributed by atoms with van der Waals surface area (Å²) in [5.41, 5.74) is 6.70. The quantitative estimate of drug-likeness (QED) is 0.648. The molecule has 8 nitrogen and oxygen atoms in total. The first-order valence-corrected chi connectivity index (χ1v) is 8.18. The van der Waals surface area contributed by atoms with Crippen LogP contribution >= 0.6 is 11.3 Å². The Labute approximate surface area is 140 Å². The predicted molar refractivity (Wildman–Crippen MR) is 87.3 cm³/mol. The van der Waals surface area contributed by atoms with Gasteiger partial charge in [-0.15, -0.1) is 11.3 Å². The van der Waals surface area contributed by atoms with Crippen LogP contribution in [0.4, 0.5) is 10.9 Å². The summed E-state index contributed by atoms with van der Waals surface area (Å²) in [6.07, 6.45) is 2.54. The molecule has 2 aromatic heterocycles. The van der Waals surface area contributed by atoms with Gasteiger partial charge in [0.25, 0.3) is 11.8 Å². The maximum atomic E-state index is 12.2. The molecule has 3 rings (SSSR count). The van der Waals surface area contributed by atoms with E-state index in [1.807, 2.05) is 0 Å². The Balaban J connectivity index is 1.90. The van der Waals surface area contributed by atoms with Crippen molar-refractivity contribution in [1.29, 1.82) is 0 Å². The molecule has 0 fully saturated rings. The van der Waals surface area contributed by atoms with E-state index in [0.717, 1.165) is 35.8 Å². The molecule has 2 aromatic rings. The van der Waals surface area contributed by atoms with Crippen LogP contribution in [-0.4, -0.2) is 16.7 Å². The summed E-state index contributed by atoms with van der Waals surface area (Å²) >= 11 is 1.32. The van der Waals surface area contributed by atoms with E-state index < -0.39 is 22.6 Å². The van der Waals surface area contributed by atoms with Gasteiger partial charge >= 0.3 is 5.88 Å². The standard InChI is InChI=1S/C15H15N3O5S/c1-7-2-3-8-10(6-7)24-15(12(8)13(16)19)17-14(20)9-4-5-11(23-9)18(21)22/h4-5,7H,2-3,6H2,1H3,(H2,16,19)(H,17,20)/t7-/m1/s1. The lowest BCUT2D eigenvalue weighted by atomic mass is 9.88. The van der Waals surface area contributed by atoms with Crippen LogP contribution in [-0.2, 0) is 12.8 Å². The zero-order valence-electron chi connectivity index (χ0n) is 12.8. The van der Waals surface area contributed by atoms with Gasteiger partial charge in [-0.25, -0.2) is 0 Å². The molecule has 126 valence electrons. The number of thiophene rings is 1. The van der Waals surface area contributed by atoms with Crippen molar-refractivity contribution in [2.24, 2.45) is 11.7 Å². The van der Waals surface area contributed by atoms with Crippen molar-refractivity contribution in [2.45, 2.75) is 26.2 Å². The Morgan fingerprint density at radius 3 is 2.83 bits per heavy atom. The van der Waals surface area contributed by atoms with Gasteiger partial charge in [0, 0.05) is 4.88 Å². The van der Waals surface area contributed by atoms with Crippen molar-refractivity contribution in [3.63, 3.8) is 0 Å². The Hall–Kier alpha value is -2.68. The number of nitrogens with two attached hydrogens (primary N) is 1. The molecule has 0 aromatic carbocycles. The summed E-state index contributed by atoms with van der Waals surface area (Å²) in [4.78, 5) is 35.0. The molecule has 0 saturated heterocycles. The zero-order chi connectivity index (χ0) is 17.4. The summed E-state index contributed by atoms with van der Waals surface area (Å²) in [6.45, 7) is 2.13. The van der Waals surface area contributed by atoms with E-state index in [-0.39, 0.29) is 5.76 Å². The minimum atomic E-state index is -0.725. The van der Waals surface area contributed by atoms with E-state index in [9.17, 15) is 19.7 Å². The summed E-state index contributed by atoms with van der Waals surface area (Å²) < 4.78 is 4.88. The molecule has 0 aliphatic heterocycles. The first-order chi connectivity index (χ1) is 11.4. The first-order valence-electron chi connectivity index (χ1n) is 7.36. The van der Waals surface area contributed by atoms with Gasteiger partial charge in [-0.2, -0.15) is 0 Å². The number of fused-ring (bicyclic) bond motifs is 1. The van der Waals surface area contributed by atoms with Crippen molar-refractivity contribution in [2.75, 3.05) is 5.32 Å². The number of anilines is 1. The Morgan fingerprint density at radius 2 is 2.21 bits per heavy atom. The third-order valence-corrected chi connectivity index (χ3v) is 5.15. The number of hydrogen-bond donors (Lipinski definition) is 2. The minimum absolute atomic E-state index is 0.197. The highest BCUT2D eigenvalue weighted by Gasteiger charge is 2.28. The fraction of sp³-hybridized carbons (Fsp3) is 0.333. The second kappa shape index (κ2) is 6.08. The smallest absolute Gasteiger partial charge is 0.395 e. The third-order valence-electron chi connectivity index (χ3n) is 3.98. The molecule has 0 saturated carbocycles. The van der Waals surface area contributed by atoms with Gasteiger partial charge in [-0.3, -0.25) is 19.7 Å². The number of furan rings is 1. The molecule has 0 spiro atoms. The second-order valence-corrected chi connectivity index (χ2v) is 6.87. The SMILES string of the molecule is C[C@@H]1CCc2c(sc(NC(=O)c3ccc([N+](=O)[O-])o3)c2C(N)=O)C1. The number of rotatable bonds is 4. The normalized spacial score (nSPS) is 16.5. The van der Waals surface area contributed by atoms with E-state index in [2.05, 4.69) is 12.2 Å². The largest absolute Gasteiger partial charge is 0.433 e. The van der Waals surface area contributed by atoms with Gasteiger partial charge in [0.1, 0.15) is 9.92 Å². The van der Waals surface area contributed by atoms with Gasteiger partial charge < -0.3 is 15.5 Å². The van der Waals surface area contributed by atoms with Crippen LogP contribution < -0.4 is 11.1 Å². The fourth-order valence-corrected chi connectivity index (χ4v) is 4.22. The summed E-state index contributed by atoms with van der Waals surface area (Å²) in [5.74, 6) is -1.46. The lowest BCUT2D eigenvalue weighted by Gasteiger charge is -2.18. The average molecular weight is 349 g/mol. The van der Waals surface area contributed by atoms with Crippen LogP contribution in [0, 0.1) is 16.0 Å². The Morgan fingerprint density at radius 1 is 1.46 bits per heavy atom. The molecule has 0 unspecified atom stereocenters. The van der Waals surface area contributed by atoms with Crippen LogP contribution in [0.25, 0.3) is 0 Å². The molecular weight excluding hydrogens is 334 g/mol. The van der Waals surface area contributed by atoms with E-state index >= 15 is 0 Å². The lowest BCUT2D eigenvalue weighted by Crippen LogP contribution is -2.19. The maximum Gasteiger partial charge on any atom is 0.433 e.